The van der Waals surface area contributed by atoms with Gasteiger partial charge in [-0.1, -0.05) is 70.5 Å². The van der Waals surface area contributed by atoms with E-state index >= 15 is 0 Å². The van der Waals surface area contributed by atoms with Crippen molar-refractivity contribution in [2.75, 3.05) is 6.61 Å². The van der Waals surface area contributed by atoms with Crippen LogP contribution in [0.2, 0.25) is 18.1 Å². The molecule has 3 aliphatic carbocycles. The Balaban J connectivity index is 1.23. The van der Waals surface area contributed by atoms with Crippen molar-refractivity contribution in [3.63, 3.8) is 0 Å². The molecule has 2 fully saturated rings. The molecule has 5 atom stereocenters. The number of aryl methyl sites for hydroxylation is 1. The topological polar surface area (TPSA) is 35.5 Å². The number of fused-ring (bicyclic) bond motifs is 5. The largest absolute Gasteiger partial charge is 0.489 e. The first-order chi connectivity index (χ1) is 18.5. The summed E-state index contributed by atoms with van der Waals surface area (Å²) in [5.74, 6) is 3.82. The van der Waals surface area contributed by atoms with Gasteiger partial charge in [0.1, 0.15) is 18.1 Å². The number of ketones is 1. The SMILES string of the molecule is CC(C)(C)[Si](C)(C)OCCCCC1CC(=O)[C@@]2(C)CC[C@@H]3c4ccc(OCc5ccccc5)cc4CC[C@H]3[C@H]12. The van der Waals surface area contributed by atoms with Crippen molar-refractivity contribution >= 4 is 14.1 Å². The summed E-state index contributed by atoms with van der Waals surface area (Å²) in [7, 11) is -1.68. The summed E-state index contributed by atoms with van der Waals surface area (Å²) in [6.07, 6.45) is 8.77. The van der Waals surface area contributed by atoms with Gasteiger partial charge >= 0.3 is 0 Å². The average molecular weight is 547 g/mol. The Bertz CT molecular complexity index is 1150. The standard InChI is InChI=1S/C35H50O3Si/c1-34(2,3)39(5,6)38-21-11-10-14-27-23-32(36)35(4)20-19-30-29-18-16-28(37-24-25-12-8-7-9-13-25)22-26(29)15-17-31(30)33(27)35/h7-9,12-13,16,18,22,27,30-31,33H,10-11,14-15,17,19-21,23-24H2,1-6H3/t27?,30-,31-,33+,35-/m1/s1. The summed E-state index contributed by atoms with van der Waals surface area (Å²) in [5.41, 5.74) is 4.08. The summed E-state index contributed by atoms with van der Waals surface area (Å²) in [6, 6.07) is 17.2. The van der Waals surface area contributed by atoms with Crippen LogP contribution in [-0.2, 0) is 22.2 Å². The second-order valence-corrected chi connectivity index (χ2v) is 19.2. The second-order valence-electron chi connectivity index (χ2n) is 14.4. The lowest BCUT2D eigenvalue weighted by molar-refractivity contribution is -0.129. The Morgan fingerprint density at radius 2 is 1.79 bits per heavy atom. The molecule has 0 bridgehead atoms. The molecule has 0 radical (unpaired) electrons. The molecule has 3 aliphatic rings. The molecule has 0 aliphatic heterocycles. The summed E-state index contributed by atoms with van der Waals surface area (Å²) in [5, 5.41) is 0.260. The highest BCUT2D eigenvalue weighted by molar-refractivity contribution is 6.74. The van der Waals surface area contributed by atoms with Crippen molar-refractivity contribution in [2.24, 2.45) is 23.2 Å². The van der Waals surface area contributed by atoms with E-state index in [1.165, 1.54) is 36.0 Å². The molecule has 5 rings (SSSR count). The van der Waals surface area contributed by atoms with E-state index in [0.29, 0.717) is 36.1 Å². The predicted molar refractivity (Wildman–Crippen MR) is 163 cm³/mol. The molecular formula is C35H50O3Si. The van der Waals surface area contributed by atoms with Crippen LogP contribution in [0.3, 0.4) is 0 Å². The van der Waals surface area contributed by atoms with Gasteiger partial charge in [0.25, 0.3) is 0 Å². The molecule has 0 saturated heterocycles. The fraction of sp³-hybridized carbons (Fsp3) is 0.629. The summed E-state index contributed by atoms with van der Waals surface area (Å²) < 4.78 is 12.6. The zero-order chi connectivity index (χ0) is 27.8. The maximum atomic E-state index is 13.4. The van der Waals surface area contributed by atoms with Crippen molar-refractivity contribution in [3.05, 3.63) is 65.2 Å². The van der Waals surface area contributed by atoms with Gasteiger partial charge in [-0.05, 0) is 109 Å². The first-order valence-corrected chi connectivity index (χ1v) is 18.4. The molecule has 0 spiro atoms. The van der Waals surface area contributed by atoms with Gasteiger partial charge in [0.05, 0.1) is 0 Å². The summed E-state index contributed by atoms with van der Waals surface area (Å²) in [6.45, 7) is 15.4. The average Bonchev–Trinajstić information content (AvgIpc) is 3.16. The lowest BCUT2D eigenvalue weighted by Crippen LogP contribution is -2.44. The van der Waals surface area contributed by atoms with E-state index in [4.69, 9.17) is 9.16 Å². The van der Waals surface area contributed by atoms with Gasteiger partial charge in [-0.25, -0.2) is 0 Å². The van der Waals surface area contributed by atoms with Gasteiger partial charge < -0.3 is 9.16 Å². The van der Waals surface area contributed by atoms with Crippen molar-refractivity contribution in [1.29, 1.82) is 0 Å². The molecule has 3 nitrogen and oxygen atoms in total. The van der Waals surface area contributed by atoms with E-state index < -0.39 is 8.32 Å². The Morgan fingerprint density at radius 1 is 1.03 bits per heavy atom. The number of hydrogen-bond donors (Lipinski definition) is 0. The van der Waals surface area contributed by atoms with Crippen LogP contribution in [0.5, 0.6) is 5.75 Å². The van der Waals surface area contributed by atoms with E-state index in [9.17, 15) is 4.79 Å². The smallest absolute Gasteiger partial charge is 0.191 e. The van der Waals surface area contributed by atoms with Gasteiger partial charge in [-0.3, -0.25) is 4.79 Å². The van der Waals surface area contributed by atoms with E-state index in [0.717, 1.165) is 44.5 Å². The fourth-order valence-corrected chi connectivity index (χ4v) is 8.85. The van der Waals surface area contributed by atoms with Crippen LogP contribution in [0.15, 0.2) is 48.5 Å². The normalized spacial score (nSPS) is 28.5. The Hall–Kier alpha value is -1.91. The number of ether oxygens (including phenoxy) is 1. The zero-order valence-electron chi connectivity index (χ0n) is 25.2. The number of carbonyl (C=O) groups is 1. The lowest BCUT2D eigenvalue weighted by atomic mass is 9.54. The van der Waals surface area contributed by atoms with Gasteiger partial charge in [0.15, 0.2) is 8.32 Å². The maximum absolute atomic E-state index is 13.4. The molecule has 0 aromatic heterocycles. The third-order valence-corrected chi connectivity index (χ3v) is 15.6. The van der Waals surface area contributed by atoms with Crippen molar-refractivity contribution < 1.29 is 14.0 Å². The van der Waals surface area contributed by atoms with Gasteiger partial charge in [0.2, 0.25) is 0 Å². The Labute approximate surface area is 238 Å². The molecule has 0 amide bonds. The molecule has 0 heterocycles. The third kappa shape index (κ3) is 5.79. The number of carbonyl (C=O) groups excluding carboxylic acids is 1. The van der Waals surface area contributed by atoms with Crippen LogP contribution in [-0.4, -0.2) is 20.7 Å². The minimum absolute atomic E-state index is 0.111. The number of rotatable bonds is 9. The highest BCUT2D eigenvalue weighted by Crippen LogP contribution is 2.62. The highest BCUT2D eigenvalue weighted by atomic mass is 28.4. The van der Waals surface area contributed by atoms with Gasteiger partial charge in [0, 0.05) is 18.4 Å². The van der Waals surface area contributed by atoms with Crippen LogP contribution in [0.4, 0.5) is 0 Å². The zero-order valence-corrected chi connectivity index (χ0v) is 26.2. The van der Waals surface area contributed by atoms with Crippen molar-refractivity contribution in [2.45, 2.75) is 110 Å². The van der Waals surface area contributed by atoms with Crippen molar-refractivity contribution in [3.8, 4) is 5.75 Å². The number of Topliss-reactive ketones (excluding diaryl/α,β-unsaturated/α-hetero) is 1. The van der Waals surface area contributed by atoms with Crippen LogP contribution in [0.25, 0.3) is 0 Å². The molecule has 2 aromatic carbocycles. The molecule has 39 heavy (non-hydrogen) atoms. The molecule has 2 aromatic rings. The van der Waals surface area contributed by atoms with E-state index in [-0.39, 0.29) is 10.5 Å². The molecule has 4 heteroatoms. The number of hydrogen-bond acceptors (Lipinski definition) is 3. The predicted octanol–water partition coefficient (Wildman–Crippen LogP) is 9.11. The van der Waals surface area contributed by atoms with Gasteiger partial charge in [-0.2, -0.15) is 0 Å². The number of unbranched alkanes of at least 4 members (excludes halogenated alkanes) is 1. The van der Waals surface area contributed by atoms with E-state index in [1.54, 1.807) is 0 Å². The minimum atomic E-state index is -1.68. The Kier molecular flexibility index (Phi) is 8.19. The van der Waals surface area contributed by atoms with Crippen LogP contribution < -0.4 is 4.74 Å². The third-order valence-electron chi connectivity index (χ3n) is 11.0. The monoisotopic (exact) mass is 546 g/mol. The van der Waals surface area contributed by atoms with E-state index in [1.807, 2.05) is 6.07 Å². The van der Waals surface area contributed by atoms with Gasteiger partial charge in [-0.15, -0.1) is 0 Å². The maximum Gasteiger partial charge on any atom is 0.191 e. The van der Waals surface area contributed by atoms with Crippen LogP contribution >= 0.6 is 0 Å². The summed E-state index contributed by atoms with van der Waals surface area (Å²) >= 11 is 0. The first-order valence-electron chi connectivity index (χ1n) is 15.5. The highest BCUT2D eigenvalue weighted by Gasteiger charge is 2.58. The number of benzene rings is 2. The molecule has 0 N–H and O–H groups in total. The molecule has 1 unspecified atom stereocenters. The molecular weight excluding hydrogens is 496 g/mol. The Morgan fingerprint density at radius 3 is 2.54 bits per heavy atom. The minimum Gasteiger partial charge on any atom is -0.489 e. The molecule has 2 saturated carbocycles. The van der Waals surface area contributed by atoms with Crippen molar-refractivity contribution in [1.82, 2.24) is 0 Å². The quantitative estimate of drug-likeness (QED) is 0.232. The van der Waals surface area contributed by atoms with Crippen LogP contribution in [0.1, 0.15) is 95.2 Å². The summed E-state index contributed by atoms with van der Waals surface area (Å²) in [4.78, 5) is 13.4. The van der Waals surface area contributed by atoms with Crippen LogP contribution in [0, 0.1) is 23.2 Å². The molecule has 212 valence electrons. The van der Waals surface area contributed by atoms with E-state index in [2.05, 4.69) is 83.3 Å². The lowest BCUT2D eigenvalue weighted by Gasteiger charge is -2.50. The first kappa shape index (κ1) is 28.6. The fourth-order valence-electron chi connectivity index (χ4n) is 7.77. The second kappa shape index (κ2) is 11.2.